The quantitative estimate of drug-likeness (QED) is 0.886. The lowest BCUT2D eigenvalue weighted by molar-refractivity contribution is -0.161. The molecule has 7 nitrogen and oxygen atoms in total. The number of nitrogens with zero attached hydrogens (tertiary/aromatic N) is 4. The molecule has 1 aromatic heterocycles. The minimum Gasteiger partial charge on any atom is -0.340 e. The lowest BCUT2D eigenvalue weighted by Gasteiger charge is -2.48. The van der Waals surface area contributed by atoms with Crippen LogP contribution in [-0.2, 0) is 22.7 Å². The van der Waals surface area contributed by atoms with Crippen molar-refractivity contribution in [3.05, 3.63) is 12.2 Å². The molecule has 1 N–H and O–H groups in total. The number of hydrogen-bond acceptors (Lipinski definition) is 4. The second-order valence-corrected chi connectivity index (χ2v) is 6.08. The summed E-state index contributed by atoms with van der Waals surface area (Å²) < 4.78 is 1.74. The molecule has 1 fully saturated rings. The lowest BCUT2D eigenvalue weighted by atomic mass is 9.86. The third kappa shape index (κ3) is 2.41. The van der Waals surface area contributed by atoms with Crippen LogP contribution in [-0.4, -0.2) is 42.6 Å². The first kappa shape index (κ1) is 15.5. The van der Waals surface area contributed by atoms with Crippen LogP contribution in [0.1, 0.15) is 46.9 Å². The van der Waals surface area contributed by atoms with Gasteiger partial charge in [0, 0.05) is 6.54 Å². The summed E-state index contributed by atoms with van der Waals surface area (Å²) in [6.45, 7) is 10.1. The molecule has 116 valence electrons. The molecule has 1 atom stereocenters. The maximum Gasteiger partial charge on any atom is 0.249 e. The molecule has 1 aliphatic heterocycles. The second-order valence-electron chi connectivity index (χ2n) is 6.08. The molecule has 1 aliphatic rings. The molecule has 0 spiro atoms. The van der Waals surface area contributed by atoms with Crippen molar-refractivity contribution in [1.82, 2.24) is 25.0 Å². The molecule has 0 bridgehead atoms. The predicted octanol–water partition coefficient (Wildman–Crippen LogP) is 0.704. The van der Waals surface area contributed by atoms with E-state index in [2.05, 4.69) is 15.4 Å². The Morgan fingerprint density at radius 3 is 2.48 bits per heavy atom. The first-order valence-corrected chi connectivity index (χ1v) is 7.27. The van der Waals surface area contributed by atoms with Gasteiger partial charge in [-0.3, -0.25) is 9.59 Å². The van der Waals surface area contributed by atoms with Crippen molar-refractivity contribution in [2.45, 2.75) is 65.2 Å². The van der Waals surface area contributed by atoms with Crippen molar-refractivity contribution in [3.63, 3.8) is 0 Å². The van der Waals surface area contributed by atoms with E-state index in [0.717, 1.165) is 0 Å². The van der Waals surface area contributed by atoms with Crippen LogP contribution >= 0.6 is 0 Å². The van der Waals surface area contributed by atoms with Crippen LogP contribution in [0.4, 0.5) is 0 Å². The highest BCUT2D eigenvalue weighted by molar-refractivity contribution is 6.01. The van der Waals surface area contributed by atoms with Crippen molar-refractivity contribution >= 4 is 11.8 Å². The number of carbonyl (C=O) groups is 2. The summed E-state index contributed by atoms with van der Waals surface area (Å²) in [5.74, 6) is 0.460. The average molecular weight is 293 g/mol. The number of piperazine rings is 1. The predicted molar refractivity (Wildman–Crippen MR) is 77.2 cm³/mol. The Kier molecular flexibility index (Phi) is 3.78. The number of nitrogens with one attached hydrogen (secondary N) is 1. The molecule has 1 unspecified atom stereocenters. The van der Waals surface area contributed by atoms with Gasteiger partial charge in [-0.25, -0.2) is 9.67 Å². The van der Waals surface area contributed by atoms with E-state index in [1.807, 2.05) is 13.8 Å². The van der Waals surface area contributed by atoms with Gasteiger partial charge in [0.2, 0.25) is 11.8 Å². The maximum absolute atomic E-state index is 12.8. The molecule has 0 aliphatic carbocycles. The first-order valence-electron chi connectivity index (χ1n) is 7.27. The first-order chi connectivity index (χ1) is 9.76. The molecular formula is C14H23N5O2. The molecule has 0 radical (unpaired) electrons. The molecule has 2 amide bonds. The van der Waals surface area contributed by atoms with Gasteiger partial charge < -0.3 is 10.2 Å². The average Bonchev–Trinajstić information content (AvgIpc) is 2.89. The molecule has 1 aromatic rings. The Morgan fingerprint density at radius 2 is 1.90 bits per heavy atom. The fourth-order valence-corrected chi connectivity index (χ4v) is 2.46. The van der Waals surface area contributed by atoms with Gasteiger partial charge in [-0.05, 0) is 34.1 Å². The van der Waals surface area contributed by atoms with Gasteiger partial charge in [0.25, 0.3) is 0 Å². The molecule has 21 heavy (non-hydrogen) atoms. The van der Waals surface area contributed by atoms with Gasteiger partial charge in [-0.1, -0.05) is 6.92 Å². The summed E-state index contributed by atoms with van der Waals surface area (Å²) in [5.41, 5.74) is -1.76. The number of amides is 2. The highest BCUT2D eigenvalue weighted by atomic mass is 16.2. The summed E-state index contributed by atoms with van der Waals surface area (Å²) in [6.07, 6.45) is 2.02. The summed E-state index contributed by atoms with van der Waals surface area (Å²) >= 11 is 0. The topological polar surface area (TPSA) is 80.1 Å². The zero-order valence-corrected chi connectivity index (χ0v) is 13.3. The fraction of sp³-hybridized carbons (Fsp3) is 0.714. The van der Waals surface area contributed by atoms with Gasteiger partial charge in [-0.15, -0.1) is 0 Å². The van der Waals surface area contributed by atoms with E-state index in [-0.39, 0.29) is 18.4 Å². The van der Waals surface area contributed by atoms with Crippen molar-refractivity contribution in [1.29, 1.82) is 0 Å². The monoisotopic (exact) mass is 293 g/mol. The van der Waals surface area contributed by atoms with E-state index < -0.39 is 11.1 Å². The van der Waals surface area contributed by atoms with E-state index in [9.17, 15) is 9.59 Å². The Hall–Kier alpha value is -1.92. The van der Waals surface area contributed by atoms with Crippen LogP contribution in [0, 0.1) is 0 Å². The van der Waals surface area contributed by atoms with Gasteiger partial charge in [0.05, 0.1) is 6.54 Å². The maximum atomic E-state index is 12.8. The van der Waals surface area contributed by atoms with Crippen molar-refractivity contribution < 1.29 is 9.59 Å². The Morgan fingerprint density at radius 1 is 1.24 bits per heavy atom. The zero-order valence-electron chi connectivity index (χ0n) is 13.3. The molecular weight excluding hydrogens is 270 g/mol. The highest BCUT2D eigenvalue weighted by Gasteiger charge is 2.51. The minimum absolute atomic E-state index is 0.0831. The Labute approximate surface area is 124 Å². The number of aromatic nitrogens is 3. The van der Waals surface area contributed by atoms with Gasteiger partial charge in [0.1, 0.15) is 23.2 Å². The summed E-state index contributed by atoms with van der Waals surface area (Å²) in [4.78, 5) is 31.0. The molecule has 2 heterocycles. The van der Waals surface area contributed by atoms with Crippen LogP contribution in [0.15, 0.2) is 6.33 Å². The molecule has 0 aromatic carbocycles. The Balaban J connectivity index is 2.37. The summed E-state index contributed by atoms with van der Waals surface area (Å²) in [5, 5.41) is 6.96. The highest BCUT2D eigenvalue weighted by Crippen LogP contribution is 2.29. The fourth-order valence-electron chi connectivity index (χ4n) is 2.46. The molecule has 7 heteroatoms. The molecule has 2 rings (SSSR count). The summed E-state index contributed by atoms with van der Waals surface area (Å²) in [7, 11) is 0. The third-order valence-corrected chi connectivity index (χ3v) is 4.34. The van der Waals surface area contributed by atoms with Crippen LogP contribution < -0.4 is 5.32 Å². The normalized spacial score (nSPS) is 25.1. The largest absolute Gasteiger partial charge is 0.340 e. The van der Waals surface area contributed by atoms with Crippen molar-refractivity contribution in [2.75, 3.05) is 0 Å². The van der Waals surface area contributed by atoms with Crippen molar-refractivity contribution in [2.24, 2.45) is 0 Å². The standard InChI is InChI=1S/C14H23N5O2/c1-6-14(5)12(21)18(13(3,4)11(20)17-14)8-10-15-9-16-19(10)7-2/h9H,6-8H2,1-5H3,(H,17,20). The smallest absolute Gasteiger partial charge is 0.249 e. The van der Waals surface area contributed by atoms with E-state index in [0.29, 0.717) is 18.8 Å². The van der Waals surface area contributed by atoms with Gasteiger partial charge >= 0.3 is 0 Å². The third-order valence-electron chi connectivity index (χ3n) is 4.34. The van der Waals surface area contributed by atoms with Crippen LogP contribution in [0.25, 0.3) is 0 Å². The van der Waals surface area contributed by atoms with Gasteiger partial charge in [0.15, 0.2) is 0 Å². The number of carbonyl (C=O) groups excluding carboxylic acids is 2. The van der Waals surface area contributed by atoms with Crippen LogP contribution in [0.5, 0.6) is 0 Å². The minimum atomic E-state index is -0.906. The molecule has 0 saturated carbocycles. The van der Waals surface area contributed by atoms with Crippen LogP contribution in [0.2, 0.25) is 0 Å². The number of aryl methyl sites for hydroxylation is 1. The summed E-state index contributed by atoms with van der Waals surface area (Å²) in [6, 6.07) is 0. The lowest BCUT2D eigenvalue weighted by Crippen LogP contribution is -2.72. The van der Waals surface area contributed by atoms with E-state index in [4.69, 9.17) is 0 Å². The number of hydrogen-bond donors (Lipinski definition) is 1. The van der Waals surface area contributed by atoms with E-state index in [1.165, 1.54) is 6.33 Å². The van der Waals surface area contributed by atoms with Gasteiger partial charge in [-0.2, -0.15) is 5.10 Å². The number of rotatable bonds is 4. The SMILES string of the molecule is CCn1ncnc1CN1C(=O)C(C)(CC)NC(=O)C1(C)C. The van der Waals surface area contributed by atoms with E-state index in [1.54, 1.807) is 30.4 Å². The Bertz CT molecular complexity index is 565. The second kappa shape index (κ2) is 5.13. The van der Waals surface area contributed by atoms with Crippen molar-refractivity contribution in [3.8, 4) is 0 Å². The van der Waals surface area contributed by atoms with E-state index >= 15 is 0 Å². The zero-order chi connectivity index (χ0) is 15.8. The van der Waals surface area contributed by atoms with Crippen LogP contribution in [0.3, 0.4) is 0 Å². The molecule has 1 saturated heterocycles.